The Balaban J connectivity index is 1.91. The van der Waals surface area contributed by atoms with Crippen LogP contribution in [0.2, 0.25) is 0 Å². The van der Waals surface area contributed by atoms with Gasteiger partial charge in [-0.3, -0.25) is 4.79 Å². The molecule has 0 spiro atoms. The van der Waals surface area contributed by atoms with E-state index in [1.807, 2.05) is 17.5 Å². The van der Waals surface area contributed by atoms with Gasteiger partial charge in [0.2, 0.25) is 0 Å². The molecule has 2 aromatic rings. The summed E-state index contributed by atoms with van der Waals surface area (Å²) in [5.74, 6) is 0.967. The van der Waals surface area contributed by atoms with Gasteiger partial charge >= 0.3 is 0 Å². The van der Waals surface area contributed by atoms with Crippen molar-refractivity contribution in [1.82, 2.24) is 0 Å². The molecule has 1 amide bonds. The first-order chi connectivity index (χ1) is 11.1. The highest BCUT2D eigenvalue weighted by molar-refractivity contribution is 7.12. The van der Waals surface area contributed by atoms with Crippen LogP contribution >= 0.6 is 11.3 Å². The molecule has 1 aromatic heterocycles. The van der Waals surface area contributed by atoms with Gasteiger partial charge in [-0.25, -0.2) is 0 Å². The van der Waals surface area contributed by atoms with Crippen molar-refractivity contribution in [1.29, 1.82) is 0 Å². The Bertz CT molecular complexity index is 686. The minimum Gasteiger partial charge on any atom is -0.497 e. The first-order valence-corrected chi connectivity index (χ1v) is 7.53. The zero-order valence-corrected chi connectivity index (χ0v) is 13.6. The number of carbonyl (C=O) groups excluding carboxylic acids is 1. The fourth-order valence-electron chi connectivity index (χ4n) is 1.72. The molecule has 2 rings (SSSR count). The van der Waals surface area contributed by atoms with E-state index >= 15 is 0 Å². The zero-order chi connectivity index (χ0) is 16.7. The number of thiophene rings is 1. The second-order valence-corrected chi connectivity index (χ2v) is 5.29. The minimum absolute atomic E-state index is 0.231. The number of carbonyl (C=O) groups is 1. The molecule has 0 atom stereocenters. The quantitative estimate of drug-likeness (QED) is 0.459. The number of anilines is 1. The van der Waals surface area contributed by atoms with Gasteiger partial charge in [0, 0.05) is 6.07 Å². The Morgan fingerprint density at radius 3 is 2.78 bits per heavy atom. The predicted molar refractivity (Wildman–Crippen MR) is 89.2 cm³/mol. The molecule has 3 N–H and O–H groups in total. The number of oxime groups is 1. The average Bonchev–Trinajstić information content (AvgIpc) is 3.09. The van der Waals surface area contributed by atoms with Crippen LogP contribution in [0.1, 0.15) is 4.88 Å². The summed E-state index contributed by atoms with van der Waals surface area (Å²) in [6.07, 6.45) is 0. The molecule has 0 bridgehead atoms. The minimum atomic E-state index is -0.379. The molecule has 0 fully saturated rings. The van der Waals surface area contributed by atoms with Crippen LogP contribution < -0.4 is 20.5 Å². The van der Waals surface area contributed by atoms with Crippen molar-refractivity contribution < 1.29 is 19.1 Å². The Kier molecular flexibility index (Phi) is 5.81. The van der Waals surface area contributed by atoms with Gasteiger partial charge in [-0.15, -0.1) is 11.3 Å². The summed E-state index contributed by atoms with van der Waals surface area (Å²) in [5, 5.41) is 8.26. The topological polar surface area (TPSA) is 95.2 Å². The monoisotopic (exact) mass is 335 g/mol. The van der Waals surface area contributed by atoms with E-state index in [1.54, 1.807) is 25.3 Å². The third-order valence-electron chi connectivity index (χ3n) is 2.81. The molecule has 0 aliphatic heterocycles. The van der Waals surface area contributed by atoms with Gasteiger partial charge in [0.05, 0.1) is 24.8 Å². The number of amidine groups is 1. The number of hydrogen-bond acceptors (Lipinski definition) is 6. The second-order valence-electron chi connectivity index (χ2n) is 4.34. The van der Waals surface area contributed by atoms with Gasteiger partial charge in [-0.05, 0) is 23.6 Å². The number of hydrogen-bond donors (Lipinski definition) is 2. The van der Waals surface area contributed by atoms with Crippen molar-refractivity contribution in [3.8, 4) is 11.5 Å². The van der Waals surface area contributed by atoms with E-state index in [-0.39, 0.29) is 18.3 Å². The highest BCUT2D eigenvalue weighted by Crippen LogP contribution is 2.28. The Labute approximate surface area is 137 Å². The first-order valence-electron chi connectivity index (χ1n) is 6.65. The second kappa shape index (κ2) is 8.04. The van der Waals surface area contributed by atoms with Crippen LogP contribution in [0.15, 0.2) is 40.9 Å². The SMILES string of the molecule is COc1ccc(NC(=O)CO/N=C(\N)c2cccs2)c(OC)c1. The van der Waals surface area contributed by atoms with Gasteiger partial charge < -0.3 is 25.4 Å². The Hall–Kier alpha value is -2.74. The number of nitrogens with one attached hydrogen (secondary N) is 1. The van der Waals surface area contributed by atoms with Gasteiger partial charge in [-0.2, -0.15) is 0 Å². The third kappa shape index (κ3) is 4.62. The van der Waals surface area contributed by atoms with Crippen molar-refractivity contribution in [3.63, 3.8) is 0 Å². The zero-order valence-electron chi connectivity index (χ0n) is 12.7. The van der Waals surface area contributed by atoms with Gasteiger partial charge in [-0.1, -0.05) is 11.2 Å². The number of methoxy groups -OCH3 is 2. The molecule has 0 aliphatic carbocycles. The van der Waals surface area contributed by atoms with E-state index in [4.69, 9.17) is 20.0 Å². The number of ether oxygens (including phenoxy) is 2. The molecule has 23 heavy (non-hydrogen) atoms. The van der Waals surface area contributed by atoms with Crippen LogP contribution in [-0.2, 0) is 9.63 Å². The van der Waals surface area contributed by atoms with Crippen LogP contribution in [0.4, 0.5) is 5.69 Å². The van der Waals surface area contributed by atoms with Crippen molar-refractivity contribution in [2.75, 3.05) is 26.1 Å². The lowest BCUT2D eigenvalue weighted by Crippen LogP contribution is -2.19. The molecule has 1 aromatic carbocycles. The highest BCUT2D eigenvalue weighted by Gasteiger charge is 2.09. The van der Waals surface area contributed by atoms with Crippen molar-refractivity contribution >= 4 is 28.8 Å². The predicted octanol–water partition coefficient (Wildman–Crippen LogP) is 2.04. The lowest BCUT2D eigenvalue weighted by Gasteiger charge is -2.11. The molecule has 0 unspecified atom stereocenters. The smallest absolute Gasteiger partial charge is 0.265 e. The van der Waals surface area contributed by atoms with Gasteiger partial charge in [0.15, 0.2) is 12.4 Å². The van der Waals surface area contributed by atoms with Crippen molar-refractivity contribution in [2.24, 2.45) is 10.9 Å². The summed E-state index contributed by atoms with van der Waals surface area (Å²) in [4.78, 5) is 17.6. The summed E-state index contributed by atoms with van der Waals surface area (Å²) >= 11 is 1.44. The molecule has 0 aliphatic rings. The van der Waals surface area contributed by atoms with Crippen LogP contribution in [0, 0.1) is 0 Å². The Morgan fingerprint density at radius 2 is 2.13 bits per heavy atom. The van der Waals surface area contributed by atoms with E-state index < -0.39 is 0 Å². The molecule has 122 valence electrons. The maximum absolute atomic E-state index is 11.9. The molecule has 1 heterocycles. The van der Waals surface area contributed by atoms with E-state index in [9.17, 15) is 4.79 Å². The fraction of sp³-hybridized carbons (Fsp3) is 0.200. The Morgan fingerprint density at radius 1 is 1.30 bits per heavy atom. The average molecular weight is 335 g/mol. The largest absolute Gasteiger partial charge is 0.497 e. The molecular weight excluding hydrogens is 318 g/mol. The standard InChI is InChI=1S/C15H17N3O4S/c1-20-10-5-6-11(12(8-10)21-2)17-14(19)9-22-18-15(16)13-4-3-7-23-13/h3-8H,9H2,1-2H3,(H2,16,18)(H,17,19). The lowest BCUT2D eigenvalue weighted by atomic mass is 10.2. The highest BCUT2D eigenvalue weighted by atomic mass is 32.1. The summed E-state index contributed by atoms with van der Waals surface area (Å²) in [6.45, 7) is -0.263. The summed E-state index contributed by atoms with van der Waals surface area (Å²) < 4.78 is 10.3. The molecular formula is C15H17N3O4S. The van der Waals surface area contributed by atoms with E-state index in [0.717, 1.165) is 4.88 Å². The fourth-order valence-corrected chi connectivity index (χ4v) is 2.34. The molecule has 7 nitrogen and oxygen atoms in total. The number of rotatable bonds is 7. The van der Waals surface area contributed by atoms with Crippen LogP contribution in [0.5, 0.6) is 11.5 Å². The third-order valence-corrected chi connectivity index (χ3v) is 3.71. The molecule has 0 radical (unpaired) electrons. The van der Waals surface area contributed by atoms with Crippen molar-refractivity contribution in [3.05, 3.63) is 40.6 Å². The van der Waals surface area contributed by atoms with Crippen LogP contribution in [-0.4, -0.2) is 32.6 Å². The van der Waals surface area contributed by atoms with E-state index in [2.05, 4.69) is 10.5 Å². The summed E-state index contributed by atoms with van der Waals surface area (Å²) in [7, 11) is 3.06. The number of nitrogens with zero attached hydrogens (tertiary/aromatic N) is 1. The number of nitrogens with two attached hydrogens (primary N) is 1. The molecule has 0 saturated carbocycles. The summed E-state index contributed by atoms with van der Waals surface area (Å²) in [5.41, 5.74) is 6.24. The van der Waals surface area contributed by atoms with E-state index in [0.29, 0.717) is 17.2 Å². The maximum Gasteiger partial charge on any atom is 0.265 e. The van der Waals surface area contributed by atoms with Crippen LogP contribution in [0.25, 0.3) is 0 Å². The maximum atomic E-state index is 11.9. The van der Waals surface area contributed by atoms with Crippen LogP contribution in [0.3, 0.4) is 0 Å². The molecule has 0 saturated heterocycles. The summed E-state index contributed by atoms with van der Waals surface area (Å²) in [6, 6.07) is 8.73. The number of amides is 1. The normalized spacial score (nSPS) is 11.0. The van der Waals surface area contributed by atoms with Gasteiger partial charge in [0.25, 0.3) is 5.91 Å². The lowest BCUT2D eigenvalue weighted by molar-refractivity contribution is -0.120. The van der Waals surface area contributed by atoms with Gasteiger partial charge in [0.1, 0.15) is 11.5 Å². The number of benzene rings is 1. The first kappa shape index (κ1) is 16.6. The van der Waals surface area contributed by atoms with Crippen molar-refractivity contribution in [2.45, 2.75) is 0 Å². The van der Waals surface area contributed by atoms with E-state index in [1.165, 1.54) is 18.4 Å². The molecule has 8 heteroatoms.